The fourth-order valence-corrected chi connectivity index (χ4v) is 2.18. The van der Waals surface area contributed by atoms with Crippen molar-refractivity contribution in [3.05, 3.63) is 4.88 Å². The summed E-state index contributed by atoms with van der Waals surface area (Å²) in [5, 5.41) is 0.871. The number of nitrogens with zero attached hydrogens (tertiary/aromatic N) is 1. The number of rotatable bonds is 3. The average Bonchev–Trinajstić information content (AvgIpc) is 2.42. The normalized spacial score (nSPS) is 10.0. The fraction of sp³-hybridized carbons (Fsp3) is 0.444. The van der Waals surface area contributed by atoms with E-state index in [2.05, 4.69) is 0 Å². The van der Waals surface area contributed by atoms with Crippen molar-refractivity contribution in [1.29, 1.82) is 0 Å². The number of ether oxygens (including phenoxy) is 1. The molecule has 0 unspecified atom stereocenters. The maximum atomic E-state index is 11.2. The van der Waals surface area contributed by atoms with Gasteiger partial charge < -0.3 is 15.4 Å². The molecule has 0 radical (unpaired) electrons. The van der Waals surface area contributed by atoms with E-state index in [1.807, 2.05) is 19.0 Å². The number of hydrogen-bond donors (Lipinski definition) is 1. The average molecular weight is 214 g/mol. The Morgan fingerprint density at radius 1 is 1.50 bits per heavy atom. The van der Waals surface area contributed by atoms with Gasteiger partial charge in [-0.3, -0.25) is 4.79 Å². The highest BCUT2D eigenvalue weighted by atomic mass is 32.1. The number of carbonyl (C=O) groups is 1. The molecule has 5 heteroatoms. The molecule has 1 aromatic heterocycles. The highest BCUT2D eigenvalue weighted by Gasteiger charge is 2.20. The van der Waals surface area contributed by atoms with Crippen LogP contribution in [-0.2, 0) is 0 Å². The SMILES string of the molecule is COc1c(N(C)C)sc(C(C)=O)c1N. The number of nitrogens with two attached hydrogens (primary N) is 1. The summed E-state index contributed by atoms with van der Waals surface area (Å²) < 4.78 is 5.16. The Balaban J connectivity index is 3.31. The molecule has 0 atom stereocenters. The minimum Gasteiger partial charge on any atom is -0.492 e. The lowest BCUT2D eigenvalue weighted by Crippen LogP contribution is -2.07. The maximum absolute atomic E-state index is 11.2. The van der Waals surface area contributed by atoms with Crippen LogP contribution in [0.5, 0.6) is 5.75 Å². The summed E-state index contributed by atoms with van der Waals surface area (Å²) >= 11 is 1.35. The first-order chi connectivity index (χ1) is 6.49. The van der Waals surface area contributed by atoms with E-state index in [4.69, 9.17) is 10.5 Å². The van der Waals surface area contributed by atoms with Crippen LogP contribution < -0.4 is 15.4 Å². The second kappa shape index (κ2) is 3.88. The van der Waals surface area contributed by atoms with Crippen LogP contribution in [0.1, 0.15) is 16.6 Å². The summed E-state index contributed by atoms with van der Waals surface area (Å²) in [5.74, 6) is 0.559. The summed E-state index contributed by atoms with van der Waals surface area (Å²) in [4.78, 5) is 13.7. The number of anilines is 2. The van der Waals surface area contributed by atoms with Crippen molar-refractivity contribution in [3.8, 4) is 5.75 Å². The molecule has 0 aliphatic heterocycles. The van der Waals surface area contributed by atoms with Gasteiger partial charge in [0.25, 0.3) is 0 Å². The zero-order valence-electron chi connectivity index (χ0n) is 8.75. The molecule has 0 aliphatic rings. The van der Waals surface area contributed by atoms with E-state index in [-0.39, 0.29) is 5.78 Å². The highest BCUT2D eigenvalue weighted by Crippen LogP contribution is 2.43. The van der Waals surface area contributed by atoms with Gasteiger partial charge in [-0.15, -0.1) is 11.3 Å². The van der Waals surface area contributed by atoms with Gasteiger partial charge in [0.2, 0.25) is 0 Å². The molecule has 0 aliphatic carbocycles. The molecule has 2 N–H and O–H groups in total. The molecule has 78 valence electrons. The van der Waals surface area contributed by atoms with Crippen LogP contribution in [-0.4, -0.2) is 27.0 Å². The third kappa shape index (κ3) is 1.68. The molecular weight excluding hydrogens is 200 g/mol. The standard InChI is InChI=1S/C9H14N2O2S/c1-5(12)8-6(10)7(13-4)9(14-8)11(2)3/h10H2,1-4H3. The van der Waals surface area contributed by atoms with E-state index < -0.39 is 0 Å². The van der Waals surface area contributed by atoms with Crippen molar-refractivity contribution in [3.63, 3.8) is 0 Å². The number of nitrogen functional groups attached to an aromatic ring is 1. The fourth-order valence-electron chi connectivity index (χ4n) is 1.17. The predicted molar refractivity (Wildman–Crippen MR) is 59.6 cm³/mol. The van der Waals surface area contributed by atoms with Crippen LogP contribution >= 0.6 is 11.3 Å². The number of methoxy groups -OCH3 is 1. The van der Waals surface area contributed by atoms with E-state index in [0.717, 1.165) is 5.00 Å². The van der Waals surface area contributed by atoms with Crippen LogP contribution in [0.2, 0.25) is 0 Å². The van der Waals surface area contributed by atoms with E-state index >= 15 is 0 Å². The van der Waals surface area contributed by atoms with E-state index in [1.54, 1.807) is 7.11 Å². The molecule has 0 saturated carbocycles. The quantitative estimate of drug-likeness (QED) is 0.777. The minimum atomic E-state index is -0.0288. The molecule has 0 amide bonds. The Kier molecular flexibility index (Phi) is 3.00. The van der Waals surface area contributed by atoms with E-state index in [1.165, 1.54) is 18.3 Å². The summed E-state index contributed by atoms with van der Waals surface area (Å²) in [7, 11) is 5.32. The number of hydrogen-bond acceptors (Lipinski definition) is 5. The lowest BCUT2D eigenvalue weighted by atomic mass is 10.3. The van der Waals surface area contributed by atoms with Gasteiger partial charge in [-0.2, -0.15) is 0 Å². The van der Waals surface area contributed by atoms with Crippen LogP contribution in [0.15, 0.2) is 0 Å². The van der Waals surface area contributed by atoms with Gasteiger partial charge in [-0.25, -0.2) is 0 Å². The largest absolute Gasteiger partial charge is 0.492 e. The van der Waals surface area contributed by atoms with Crippen molar-refractivity contribution in [2.24, 2.45) is 0 Å². The van der Waals surface area contributed by atoms with Gasteiger partial charge in [0.05, 0.1) is 17.7 Å². The maximum Gasteiger partial charge on any atom is 0.177 e. The summed E-state index contributed by atoms with van der Waals surface area (Å²) in [6, 6.07) is 0. The first-order valence-electron chi connectivity index (χ1n) is 4.13. The van der Waals surface area contributed by atoms with Gasteiger partial charge >= 0.3 is 0 Å². The molecule has 1 rings (SSSR count). The summed E-state index contributed by atoms with van der Waals surface area (Å²) in [6.07, 6.45) is 0. The second-order valence-electron chi connectivity index (χ2n) is 3.13. The topological polar surface area (TPSA) is 55.6 Å². The Morgan fingerprint density at radius 3 is 2.36 bits per heavy atom. The zero-order chi connectivity index (χ0) is 10.9. The first-order valence-corrected chi connectivity index (χ1v) is 4.95. The smallest absolute Gasteiger partial charge is 0.177 e. The lowest BCUT2D eigenvalue weighted by molar-refractivity contribution is 0.102. The van der Waals surface area contributed by atoms with Gasteiger partial charge in [-0.05, 0) is 0 Å². The molecule has 0 spiro atoms. The van der Waals surface area contributed by atoms with E-state index in [9.17, 15) is 4.79 Å². The highest BCUT2D eigenvalue weighted by molar-refractivity contribution is 7.19. The van der Waals surface area contributed by atoms with Gasteiger partial charge in [-0.1, -0.05) is 0 Å². The minimum absolute atomic E-state index is 0.0288. The van der Waals surface area contributed by atoms with Gasteiger partial charge in [0.1, 0.15) is 5.00 Å². The van der Waals surface area contributed by atoms with Crippen molar-refractivity contribution in [1.82, 2.24) is 0 Å². The molecule has 4 nitrogen and oxygen atoms in total. The number of Topliss-reactive ketones (excluding diaryl/α,β-unsaturated/α-hetero) is 1. The Bertz CT molecular complexity index is 358. The number of thiophene rings is 1. The van der Waals surface area contributed by atoms with Crippen molar-refractivity contribution < 1.29 is 9.53 Å². The van der Waals surface area contributed by atoms with Crippen LogP contribution in [0.25, 0.3) is 0 Å². The van der Waals surface area contributed by atoms with Gasteiger partial charge in [0.15, 0.2) is 11.5 Å². The molecule has 14 heavy (non-hydrogen) atoms. The molecular formula is C9H14N2O2S. The van der Waals surface area contributed by atoms with Gasteiger partial charge in [0, 0.05) is 21.0 Å². The third-order valence-corrected chi connectivity index (χ3v) is 3.27. The summed E-state index contributed by atoms with van der Waals surface area (Å²) in [5.41, 5.74) is 6.23. The molecule has 0 aromatic carbocycles. The Hall–Kier alpha value is -1.23. The van der Waals surface area contributed by atoms with Crippen LogP contribution in [0, 0.1) is 0 Å². The monoisotopic (exact) mass is 214 g/mol. The second-order valence-corrected chi connectivity index (χ2v) is 4.13. The number of carbonyl (C=O) groups excluding carboxylic acids is 1. The van der Waals surface area contributed by atoms with E-state index in [0.29, 0.717) is 16.3 Å². The first kappa shape index (κ1) is 10.8. The Morgan fingerprint density at radius 2 is 2.07 bits per heavy atom. The molecule has 1 heterocycles. The van der Waals surface area contributed by atoms with Crippen molar-refractivity contribution >= 4 is 27.8 Å². The summed E-state index contributed by atoms with van der Waals surface area (Å²) in [6.45, 7) is 1.50. The third-order valence-electron chi connectivity index (χ3n) is 1.81. The molecule has 0 saturated heterocycles. The molecule has 0 bridgehead atoms. The number of ketones is 1. The molecule has 0 fully saturated rings. The molecule has 1 aromatic rings. The van der Waals surface area contributed by atoms with Crippen molar-refractivity contribution in [2.75, 3.05) is 31.8 Å². The van der Waals surface area contributed by atoms with Crippen LogP contribution in [0.4, 0.5) is 10.7 Å². The zero-order valence-corrected chi connectivity index (χ0v) is 9.57. The lowest BCUT2D eigenvalue weighted by Gasteiger charge is -2.11. The Labute approximate surface area is 87.3 Å². The van der Waals surface area contributed by atoms with Crippen LogP contribution in [0.3, 0.4) is 0 Å². The predicted octanol–water partition coefficient (Wildman–Crippen LogP) is 1.61. The van der Waals surface area contributed by atoms with Crippen molar-refractivity contribution in [2.45, 2.75) is 6.92 Å².